The van der Waals surface area contributed by atoms with Crippen LogP contribution in [0.3, 0.4) is 0 Å². The van der Waals surface area contributed by atoms with Gasteiger partial charge in [0.15, 0.2) is 0 Å². The largest absolute Gasteiger partial charge is 0.306 e. The van der Waals surface area contributed by atoms with Gasteiger partial charge in [-0.1, -0.05) is 18.5 Å². The van der Waals surface area contributed by atoms with E-state index in [-0.39, 0.29) is 6.04 Å². The Morgan fingerprint density at radius 3 is 2.88 bits per heavy atom. The number of halogens is 1. The molecule has 1 unspecified atom stereocenters. The molecule has 2 heterocycles. The third-order valence-electron chi connectivity index (χ3n) is 2.54. The highest BCUT2D eigenvalue weighted by Gasteiger charge is 2.16. The molecule has 0 amide bonds. The summed E-state index contributed by atoms with van der Waals surface area (Å²) in [7, 11) is 1.93. The van der Waals surface area contributed by atoms with Crippen molar-refractivity contribution in [2.24, 2.45) is 7.05 Å². The third-order valence-corrected chi connectivity index (χ3v) is 3.83. The molecule has 1 N–H and O–H groups in total. The van der Waals surface area contributed by atoms with E-state index in [2.05, 4.69) is 23.4 Å². The van der Waals surface area contributed by atoms with E-state index in [1.807, 2.05) is 30.2 Å². The highest BCUT2D eigenvalue weighted by Crippen LogP contribution is 2.30. The minimum atomic E-state index is 0.196. The van der Waals surface area contributed by atoms with Crippen molar-refractivity contribution >= 4 is 22.9 Å². The zero-order valence-electron chi connectivity index (χ0n) is 9.98. The molecule has 0 aliphatic rings. The van der Waals surface area contributed by atoms with E-state index in [0.717, 1.165) is 17.3 Å². The number of rotatable bonds is 5. The monoisotopic (exact) mass is 269 g/mol. The van der Waals surface area contributed by atoms with Gasteiger partial charge in [0, 0.05) is 23.7 Å². The Labute approximate surface area is 110 Å². The number of thiophene rings is 1. The smallest absolute Gasteiger partial charge is 0.0931 e. The first-order valence-electron chi connectivity index (χ1n) is 5.68. The number of hydrogen-bond donors (Lipinski definition) is 1. The predicted molar refractivity (Wildman–Crippen MR) is 72.7 cm³/mol. The Bertz CT molecular complexity index is 437. The highest BCUT2D eigenvalue weighted by molar-refractivity contribution is 7.16. The van der Waals surface area contributed by atoms with Gasteiger partial charge < -0.3 is 5.32 Å². The molecular formula is C12H16ClN3S. The molecule has 0 spiro atoms. The number of nitrogens with one attached hydrogen (secondary N) is 1. The molecule has 0 aliphatic carbocycles. The van der Waals surface area contributed by atoms with Crippen LogP contribution in [0.4, 0.5) is 0 Å². The maximum absolute atomic E-state index is 6.00. The molecule has 2 rings (SSSR count). The molecule has 5 heteroatoms. The summed E-state index contributed by atoms with van der Waals surface area (Å²) in [4.78, 5) is 1.23. The number of hydrogen-bond acceptors (Lipinski definition) is 3. The minimum Gasteiger partial charge on any atom is -0.306 e. The van der Waals surface area contributed by atoms with E-state index in [1.54, 1.807) is 11.3 Å². The predicted octanol–water partition coefficient (Wildman–Crippen LogP) is 3.22. The molecule has 1 atom stereocenters. The summed E-state index contributed by atoms with van der Waals surface area (Å²) >= 11 is 7.62. The van der Waals surface area contributed by atoms with Gasteiger partial charge in [0.1, 0.15) is 0 Å². The molecule has 17 heavy (non-hydrogen) atoms. The SMILES string of the molecule is CCCNC(c1cnn(C)c1)c1ccc(Cl)s1. The first-order valence-corrected chi connectivity index (χ1v) is 6.87. The van der Waals surface area contributed by atoms with Crippen molar-refractivity contribution in [3.63, 3.8) is 0 Å². The Morgan fingerprint density at radius 1 is 1.53 bits per heavy atom. The maximum Gasteiger partial charge on any atom is 0.0931 e. The van der Waals surface area contributed by atoms with Gasteiger partial charge in [0.25, 0.3) is 0 Å². The molecule has 0 aliphatic heterocycles. The fraction of sp³-hybridized carbons (Fsp3) is 0.417. The van der Waals surface area contributed by atoms with Crippen molar-refractivity contribution in [2.45, 2.75) is 19.4 Å². The van der Waals surface area contributed by atoms with Crippen LogP contribution >= 0.6 is 22.9 Å². The van der Waals surface area contributed by atoms with Crippen LogP contribution in [0.5, 0.6) is 0 Å². The van der Waals surface area contributed by atoms with Gasteiger partial charge >= 0.3 is 0 Å². The number of aromatic nitrogens is 2. The van der Waals surface area contributed by atoms with Gasteiger partial charge in [0.2, 0.25) is 0 Å². The molecule has 0 fully saturated rings. The Balaban J connectivity index is 2.24. The summed E-state index contributed by atoms with van der Waals surface area (Å²) in [6.07, 6.45) is 5.05. The lowest BCUT2D eigenvalue weighted by atomic mass is 10.1. The number of aryl methyl sites for hydroxylation is 1. The molecule has 0 radical (unpaired) electrons. The summed E-state index contributed by atoms with van der Waals surface area (Å²) in [5, 5.41) is 7.75. The second kappa shape index (κ2) is 5.67. The van der Waals surface area contributed by atoms with Crippen LogP contribution in [0.15, 0.2) is 24.5 Å². The summed E-state index contributed by atoms with van der Waals surface area (Å²) in [5.74, 6) is 0. The van der Waals surface area contributed by atoms with Crippen LogP contribution < -0.4 is 5.32 Å². The lowest BCUT2D eigenvalue weighted by Crippen LogP contribution is -2.22. The van der Waals surface area contributed by atoms with Crippen molar-refractivity contribution in [3.8, 4) is 0 Å². The van der Waals surface area contributed by atoms with E-state index in [9.17, 15) is 0 Å². The fourth-order valence-corrected chi connectivity index (χ4v) is 2.91. The summed E-state index contributed by atoms with van der Waals surface area (Å²) in [6.45, 7) is 3.14. The molecule has 0 saturated heterocycles. The Hall–Kier alpha value is -0.840. The topological polar surface area (TPSA) is 29.9 Å². The van der Waals surface area contributed by atoms with Gasteiger partial charge in [-0.25, -0.2) is 0 Å². The molecule has 3 nitrogen and oxygen atoms in total. The maximum atomic E-state index is 6.00. The molecule has 2 aromatic rings. The first-order chi connectivity index (χ1) is 8.20. The third kappa shape index (κ3) is 3.09. The van der Waals surface area contributed by atoms with Gasteiger partial charge in [-0.3, -0.25) is 4.68 Å². The van der Waals surface area contributed by atoms with Crippen LogP contribution in [-0.2, 0) is 7.05 Å². The van der Waals surface area contributed by atoms with E-state index < -0.39 is 0 Å². The van der Waals surface area contributed by atoms with E-state index >= 15 is 0 Å². The van der Waals surface area contributed by atoms with Crippen molar-refractivity contribution < 1.29 is 0 Å². The second-order valence-corrected chi connectivity index (χ2v) is 5.72. The van der Waals surface area contributed by atoms with Gasteiger partial charge in [0.05, 0.1) is 16.6 Å². The fourth-order valence-electron chi connectivity index (χ4n) is 1.74. The highest BCUT2D eigenvalue weighted by atomic mass is 35.5. The molecule has 0 aromatic carbocycles. The standard InChI is InChI=1S/C12H16ClN3S/c1-3-6-14-12(9-7-15-16(2)8-9)10-4-5-11(13)17-10/h4-5,7-8,12,14H,3,6H2,1-2H3. The molecule has 0 saturated carbocycles. The van der Waals surface area contributed by atoms with Gasteiger partial charge in [-0.2, -0.15) is 5.10 Å². The van der Waals surface area contributed by atoms with Crippen molar-refractivity contribution in [1.29, 1.82) is 0 Å². The van der Waals surface area contributed by atoms with E-state index in [0.29, 0.717) is 0 Å². The summed E-state index contributed by atoms with van der Waals surface area (Å²) in [6, 6.07) is 4.22. The molecule has 0 bridgehead atoms. The molecular weight excluding hydrogens is 254 g/mol. The minimum absolute atomic E-state index is 0.196. The van der Waals surface area contributed by atoms with Gasteiger partial charge in [-0.05, 0) is 25.1 Å². The zero-order valence-corrected chi connectivity index (χ0v) is 11.6. The summed E-state index contributed by atoms with van der Waals surface area (Å²) in [5.41, 5.74) is 1.18. The van der Waals surface area contributed by atoms with E-state index in [4.69, 9.17) is 11.6 Å². The lowest BCUT2D eigenvalue weighted by molar-refractivity contribution is 0.605. The zero-order chi connectivity index (χ0) is 12.3. The van der Waals surface area contributed by atoms with Crippen LogP contribution in [0, 0.1) is 0 Å². The Morgan fingerprint density at radius 2 is 2.35 bits per heavy atom. The van der Waals surface area contributed by atoms with Crippen molar-refractivity contribution in [2.75, 3.05) is 6.54 Å². The van der Waals surface area contributed by atoms with E-state index in [1.165, 1.54) is 10.4 Å². The molecule has 92 valence electrons. The lowest BCUT2D eigenvalue weighted by Gasteiger charge is -2.15. The molecule has 2 aromatic heterocycles. The average molecular weight is 270 g/mol. The quantitative estimate of drug-likeness (QED) is 0.903. The van der Waals surface area contributed by atoms with Crippen molar-refractivity contribution in [1.82, 2.24) is 15.1 Å². The van der Waals surface area contributed by atoms with Gasteiger partial charge in [-0.15, -0.1) is 11.3 Å². The Kier molecular flexibility index (Phi) is 4.20. The van der Waals surface area contributed by atoms with Crippen LogP contribution in [-0.4, -0.2) is 16.3 Å². The second-order valence-electron chi connectivity index (χ2n) is 3.98. The van der Waals surface area contributed by atoms with Crippen LogP contribution in [0.1, 0.15) is 29.8 Å². The number of nitrogens with zero attached hydrogens (tertiary/aromatic N) is 2. The summed E-state index contributed by atoms with van der Waals surface area (Å²) < 4.78 is 2.65. The van der Waals surface area contributed by atoms with Crippen molar-refractivity contribution in [3.05, 3.63) is 39.3 Å². The van der Waals surface area contributed by atoms with Crippen LogP contribution in [0.2, 0.25) is 4.34 Å². The van der Waals surface area contributed by atoms with Crippen LogP contribution in [0.25, 0.3) is 0 Å². The first kappa shape index (κ1) is 12.6. The average Bonchev–Trinajstić information content (AvgIpc) is 2.89. The normalized spacial score (nSPS) is 12.9.